The second-order valence-electron chi connectivity index (χ2n) is 6.02. The first-order chi connectivity index (χ1) is 11.7. The maximum absolute atomic E-state index is 6.06. The lowest BCUT2D eigenvalue weighted by atomic mass is 9.93. The van der Waals surface area contributed by atoms with Crippen molar-refractivity contribution >= 4 is 21.5 Å². The van der Waals surface area contributed by atoms with Crippen LogP contribution in [-0.2, 0) is 6.61 Å². The van der Waals surface area contributed by atoms with E-state index in [4.69, 9.17) is 4.74 Å². The van der Waals surface area contributed by atoms with Crippen LogP contribution in [-0.4, -0.2) is 24.5 Å². The normalized spacial score (nSPS) is 14.9. The second-order valence-corrected chi connectivity index (χ2v) is 6.94. The number of hydrogen-bond acceptors (Lipinski definition) is 2. The van der Waals surface area contributed by atoms with Crippen molar-refractivity contribution in [1.29, 1.82) is 0 Å². The summed E-state index contributed by atoms with van der Waals surface area (Å²) in [6.07, 6.45) is 3.41. The molecule has 0 aliphatic carbocycles. The first kappa shape index (κ1) is 17.2. The lowest BCUT2D eigenvalue weighted by molar-refractivity contribution is 0.307. The number of nitrogens with zero attached hydrogens (tertiary/aromatic N) is 1. The fourth-order valence-corrected chi connectivity index (χ4v) is 3.56. The Balaban J connectivity index is 2.00. The van der Waals surface area contributed by atoms with Gasteiger partial charge in [-0.1, -0.05) is 60.1 Å². The molecule has 0 N–H and O–H groups in total. The van der Waals surface area contributed by atoms with Gasteiger partial charge in [-0.2, -0.15) is 0 Å². The van der Waals surface area contributed by atoms with Gasteiger partial charge >= 0.3 is 0 Å². The van der Waals surface area contributed by atoms with E-state index in [9.17, 15) is 0 Å². The highest BCUT2D eigenvalue weighted by molar-refractivity contribution is 9.10. The minimum atomic E-state index is 0.623. The van der Waals surface area contributed by atoms with Crippen LogP contribution in [0.25, 0.3) is 5.57 Å². The van der Waals surface area contributed by atoms with Crippen molar-refractivity contribution in [2.24, 2.45) is 0 Å². The Morgan fingerprint density at radius 3 is 2.67 bits per heavy atom. The molecule has 0 bridgehead atoms. The molecule has 3 rings (SSSR count). The SMILES string of the molecule is CCN(CC)CC/C=C1\c2ccccc2COc2ccc(Br)cc21. The van der Waals surface area contributed by atoms with Crippen LogP contribution in [0.1, 0.15) is 37.0 Å². The van der Waals surface area contributed by atoms with Gasteiger partial charge in [-0.15, -0.1) is 0 Å². The minimum Gasteiger partial charge on any atom is -0.488 e. The Morgan fingerprint density at radius 1 is 1.08 bits per heavy atom. The smallest absolute Gasteiger partial charge is 0.127 e. The van der Waals surface area contributed by atoms with Crippen molar-refractivity contribution in [2.45, 2.75) is 26.9 Å². The molecule has 0 fully saturated rings. The van der Waals surface area contributed by atoms with E-state index in [-0.39, 0.29) is 0 Å². The summed E-state index contributed by atoms with van der Waals surface area (Å²) in [5.41, 5.74) is 4.99. The number of benzene rings is 2. The van der Waals surface area contributed by atoms with Crippen molar-refractivity contribution in [3.8, 4) is 5.75 Å². The van der Waals surface area contributed by atoms with Gasteiger partial charge in [0.1, 0.15) is 12.4 Å². The highest BCUT2D eigenvalue weighted by atomic mass is 79.9. The average Bonchev–Trinajstić information content (AvgIpc) is 2.76. The summed E-state index contributed by atoms with van der Waals surface area (Å²) in [6, 6.07) is 14.8. The maximum Gasteiger partial charge on any atom is 0.127 e. The second kappa shape index (κ2) is 8.00. The molecule has 1 aliphatic rings. The summed E-state index contributed by atoms with van der Waals surface area (Å²) < 4.78 is 7.14. The fraction of sp³-hybridized carbons (Fsp3) is 0.333. The van der Waals surface area contributed by atoms with Gasteiger partial charge in [0.05, 0.1) is 0 Å². The van der Waals surface area contributed by atoms with Gasteiger partial charge in [0.25, 0.3) is 0 Å². The third kappa shape index (κ3) is 3.73. The summed E-state index contributed by atoms with van der Waals surface area (Å²) in [7, 11) is 0. The number of hydrogen-bond donors (Lipinski definition) is 0. The Hall–Kier alpha value is -1.58. The van der Waals surface area contributed by atoms with Crippen molar-refractivity contribution in [3.63, 3.8) is 0 Å². The highest BCUT2D eigenvalue weighted by Crippen LogP contribution is 2.38. The summed E-state index contributed by atoms with van der Waals surface area (Å²) in [4.78, 5) is 2.46. The first-order valence-corrected chi connectivity index (χ1v) is 9.45. The molecule has 2 nitrogen and oxygen atoms in total. The average molecular weight is 386 g/mol. The number of fused-ring (bicyclic) bond motifs is 2. The molecule has 0 unspecified atom stereocenters. The molecular formula is C21H24BrNO. The van der Waals surface area contributed by atoms with E-state index in [2.05, 4.69) is 77.2 Å². The molecule has 0 spiro atoms. The molecule has 24 heavy (non-hydrogen) atoms. The molecule has 0 radical (unpaired) electrons. The zero-order valence-electron chi connectivity index (χ0n) is 14.4. The van der Waals surface area contributed by atoms with E-state index in [0.29, 0.717) is 6.61 Å². The van der Waals surface area contributed by atoms with E-state index in [0.717, 1.165) is 36.3 Å². The molecule has 0 saturated heterocycles. The molecule has 2 aromatic carbocycles. The molecule has 2 aromatic rings. The molecule has 0 aromatic heterocycles. The van der Waals surface area contributed by atoms with E-state index in [1.807, 2.05) is 6.07 Å². The number of halogens is 1. The fourth-order valence-electron chi connectivity index (χ4n) is 3.20. The van der Waals surface area contributed by atoms with Gasteiger partial charge in [0.2, 0.25) is 0 Å². The van der Waals surface area contributed by atoms with E-state index < -0.39 is 0 Å². The van der Waals surface area contributed by atoms with Crippen LogP contribution in [0.3, 0.4) is 0 Å². The molecule has 0 amide bonds. The number of rotatable bonds is 5. The lowest BCUT2D eigenvalue weighted by Gasteiger charge is -2.17. The summed E-state index contributed by atoms with van der Waals surface area (Å²) in [5.74, 6) is 0.962. The van der Waals surface area contributed by atoms with Gasteiger partial charge in [0, 0.05) is 16.6 Å². The predicted octanol–water partition coefficient (Wildman–Crippen LogP) is 5.51. The van der Waals surface area contributed by atoms with Crippen molar-refractivity contribution in [1.82, 2.24) is 4.90 Å². The van der Waals surface area contributed by atoms with Crippen LogP contribution < -0.4 is 4.74 Å². The summed E-state index contributed by atoms with van der Waals surface area (Å²) >= 11 is 3.61. The molecule has 3 heteroatoms. The Labute approximate surface area is 153 Å². The molecule has 0 saturated carbocycles. The Kier molecular flexibility index (Phi) is 5.75. The third-order valence-corrected chi connectivity index (χ3v) is 5.10. The van der Waals surface area contributed by atoms with Crippen molar-refractivity contribution in [2.75, 3.05) is 19.6 Å². The lowest BCUT2D eigenvalue weighted by Crippen LogP contribution is -2.23. The van der Waals surface area contributed by atoms with Crippen molar-refractivity contribution in [3.05, 3.63) is 69.7 Å². The van der Waals surface area contributed by atoms with Crippen LogP contribution >= 0.6 is 15.9 Å². The Bertz CT molecular complexity index is 734. The predicted molar refractivity (Wildman–Crippen MR) is 104 cm³/mol. The quantitative estimate of drug-likeness (QED) is 0.672. The highest BCUT2D eigenvalue weighted by Gasteiger charge is 2.19. The first-order valence-electron chi connectivity index (χ1n) is 8.66. The molecule has 1 aliphatic heterocycles. The third-order valence-electron chi connectivity index (χ3n) is 4.61. The largest absolute Gasteiger partial charge is 0.488 e. The maximum atomic E-state index is 6.06. The topological polar surface area (TPSA) is 12.5 Å². The standard InChI is InChI=1S/C21H24BrNO/c1-3-23(4-2)13-7-10-19-18-9-6-5-8-16(18)15-24-21-12-11-17(22)14-20(19)21/h5-6,8-12,14H,3-4,7,13,15H2,1-2H3/b19-10+. The minimum absolute atomic E-state index is 0.623. The summed E-state index contributed by atoms with van der Waals surface area (Å²) in [6.45, 7) is 8.35. The van der Waals surface area contributed by atoms with E-state index in [1.165, 1.54) is 22.3 Å². The molecule has 1 heterocycles. The van der Waals surface area contributed by atoms with Crippen molar-refractivity contribution < 1.29 is 4.74 Å². The van der Waals surface area contributed by atoms with Gasteiger partial charge in [-0.3, -0.25) is 0 Å². The Morgan fingerprint density at radius 2 is 1.88 bits per heavy atom. The van der Waals surface area contributed by atoms with Crippen LogP contribution in [0.5, 0.6) is 5.75 Å². The number of ether oxygens (including phenoxy) is 1. The van der Waals surface area contributed by atoms with Gasteiger partial charge in [-0.25, -0.2) is 0 Å². The van der Waals surface area contributed by atoms with Crippen LogP contribution in [0.15, 0.2) is 53.0 Å². The monoisotopic (exact) mass is 385 g/mol. The van der Waals surface area contributed by atoms with Gasteiger partial charge in [0.15, 0.2) is 0 Å². The van der Waals surface area contributed by atoms with Gasteiger partial charge < -0.3 is 9.64 Å². The zero-order valence-corrected chi connectivity index (χ0v) is 16.0. The summed E-state index contributed by atoms with van der Waals surface area (Å²) in [5, 5.41) is 0. The molecular weight excluding hydrogens is 362 g/mol. The zero-order chi connectivity index (χ0) is 16.9. The molecule has 0 atom stereocenters. The van der Waals surface area contributed by atoms with E-state index >= 15 is 0 Å². The molecule has 126 valence electrons. The van der Waals surface area contributed by atoms with Crippen LogP contribution in [0, 0.1) is 0 Å². The van der Waals surface area contributed by atoms with E-state index in [1.54, 1.807) is 0 Å². The van der Waals surface area contributed by atoms with Crippen LogP contribution in [0.2, 0.25) is 0 Å². The van der Waals surface area contributed by atoms with Gasteiger partial charge in [-0.05, 0) is 54.4 Å². The van der Waals surface area contributed by atoms with Crippen LogP contribution in [0.4, 0.5) is 0 Å².